The van der Waals surface area contributed by atoms with Gasteiger partial charge in [0.05, 0.1) is 5.66 Å². The van der Waals surface area contributed by atoms with Gasteiger partial charge in [0.1, 0.15) is 0 Å². The zero-order valence-corrected chi connectivity index (χ0v) is 21.7. The zero-order valence-electron chi connectivity index (χ0n) is 21.7. The van der Waals surface area contributed by atoms with Crippen LogP contribution in [0.15, 0.2) is 48.5 Å². The van der Waals surface area contributed by atoms with Crippen LogP contribution in [-0.4, -0.2) is 12.2 Å². The van der Waals surface area contributed by atoms with Crippen LogP contribution < -0.4 is 17.2 Å². The number of hydrogen-bond donors (Lipinski definition) is 3. The van der Waals surface area contributed by atoms with Crippen LogP contribution in [0.2, 0.25) is 0 Å². The lowest BCUT2D eigenvalue weighted by Gasteiger charge is -2.26. The summed E-state index contributed by atoms with van der Waals surface area (Å²) in [6.07, 6.45) is 9.56. The van der Waals surface area contributed by atoms with Crippen LogP contribution in [0, 0.1) is 5.92 Å². The molecular weight excluding hydrogens is 402 g/mol. The first-order valence-electron chi connectivity index (χ1n) is 13.2. The summed E-state index contributed by atoms with van der Waals surface area (Å²) in [5, 5.41) is 0. The van der Waals surface area contributed by atoms with Crippen molar-refractivity contribution in [3.63, 3.8) is 0 Å². The fourth-order valence-electron chi connectivity index (χ4n) is 4.59. The summed E-state index contributed by atoms with van der Waals surface area (Å²) in [5.41, 5.74) is 23.4. The molecular formula is C30H49N3. The Labute approximate surface area is 203 Å². The molecule has 0 saturated heterocycles. The molecule has 0 saturated carbocycles. The fourth-order valence-corrected chi connectivity index (χ4v) is 4.59. The molecule has 6 N–H and O–H groups in total. The average Bonchev–Trinajstić information content (AvgIpc) is 2.79. The summed E-state index contributed by atoms with van der Waals surface area (Å²) in [6.45, 7) is 9.66. The molecule has 0 aliphatic rings. The van der Waals surface area contributed by atoms with E-state index in [9.17, 15) is 0 Å². The maximum absolute atomic E-state index is 6.32. The molecule has 0 unspecified atom stereocenters. The minimum atomic E-state index is -0.580. The van der Waals surface area contributed by atoms with Gasteiger partial charge in [-0.05, 0) is 91.5 Å². The van der Waals surface area contributed by atoms with E-state index in [1.807, 2.05) is 0 Å². The third kappa shape index (κ3) is 10.4. The summed E-state index contributed by atoms with van der Waals surface area (Å²) in [5.74, 6) is 1.85. The van der Waals surface area contributed by atoms with E-state index in [4.69, 9.17) is 17.2 Å². The number of nitrogens with two attached hydrogens (primary N) is 3. The van der Waals surface area contributed by atoms with Gasteiger partial charge in [-0.1, -0.05) is 89.1 Å². The predicted octanol–water partition coefficient (Wildman–Crippen LogP) is 6.64. The van der Waals surface area contributed by atoms with Gasteiger partial charge in [0, 0.05) is 0 Å². The van der Waals surface area contributed by atoms with Crippen LogP contribution in [-0.2, 0) is 12.8 Å². The van der Waals surface area contributed by atoms with E-state index in [0.717, 1.165) is 38.5 Å². The smallest absolute Gasteiger partial charge is 0.0637 e. The highest BCUT2D eigenvalue weighted by molar-refractivity contribution is 5.25. The molecule has 3 heteroatoms. The molecule has 2 aromatic rings. The molecule has 33 heavy (non-hydrogen) atoms. The Morgan fingerprint density at radius 2 is 1.06 bits per heavy atom. The topological polar surface area (TPSA) is 78.1 Å². The van der Waals surface area contributed by atoms with Gasteiger partial charge in [-0.2, -0.15) is 0 Å². The molecule has 2 aromatic carbocycles. The lowest BCUT2D eigenvalue weighted by molar-refractivity contribution is 0.326. The Morgan fingerprint density at radius 1 is 0.636 bits per heavy atom. The Hall–Kier alpha value is -1.68. The zero-order chi connectivity index (χ0) is 24.3. The highest BCUT2D eigenvalue weighted by Gasteiger charge is 2.19. The molecule has 0 amide bonds. The largest absolute Gasteiger partial charge is 0.330 e. The van der Waals surface area contributed by atoms with Crippen molar-refractivity contribution >= 4 is 0 Å². The quantitative estimate of drug-likeness (QED) is 0.266. The summed E-state index contributed by atoms with van der Waals surface area (Å²) >= 11 is 0. The summed E-state index contributed by atoms with van der Waals surface area (Å²) < 4.78 is 0. The van der Waals surface area contributed by atoms with Crippen molar-refractivity contribution in [2.24, 2.45) is 23.1 Å². The third-order valence-electron chi connectivity index (χ3n) is 7.08. The molecule has 184 valence electrons. The molecule has 0 bridgehead atoms. The minimum Gasteiger partial charge on any atom is -0.330 e. The van der Waals surface area contributed by atoms with Gasteiger partial charge in [-0.25, -0.2) is 0 Å². The van der Waals surface area contributed by atoms with E-state index >= 15 is 0 Å². The van der Waals surface area contributed by atoms with Crippen LogP contribution in [0.4, 0.5) is 0 Å². The van der Waals surface area contributed by atoms with E-state index in [-0.39, 0.29) is 0 Å². The van der Waals surface area contributed by atoms with Gasteiger partial charge in [0.15, 0.2) is 0 Å². The van der Waals surface area contributed by atoms with Crippen LogP contribution in [0.25, 0.3) is 0 Å². The van der Waals surface area contributed by atoms with E-state index in [1.54, 1.807) is 0 Å². The van der Waals surface area contributed by atoms with E-state index in [2.05, 4.69) is 76.2 Å². The molecule has 2 rings (SSSR count). The highest BCUT2D eigenvalue weighted by atomic mass is 14.9. The fraction of sp³-hybridized carbons (Fsp3) is 0.600. The van der Waals surface area contributed by atoms with Crippen molar-refractivity contribution in [2.75, 3.05) is 6.54 Å². The standard InChI is InChI=1S/C30H49N3/c1-23(2)28-16-12-26(13-17-28)10-8-25(7-5-20-30(32,33)21-6-22-31)9-11-27-14-18-29(19-15-27)24(3)4/h12-19,23-25H,5-11,20-22,31-33H2,1-4H3. The number of hydrogen-bond acceptors (Lipinski definition) is 3. The molecule has 0 spiro atoms. The van der Waals surface area contributed by atoms with Crippen LogP contribution in [0.1, 0.15) is 107 Å². The van der Waals surface area contributed by atoms with Gasteiger partial charge >= 0.3 is 0 Å². The SMILES string of the molecule is CC(C)c1ccc(CCC(CCCC(N)(N)CCCN)CCc2ccc(C(C)C)cc2)cc1. The number of rotatable bonds is 15. The lowest BCUT2D eigenvalue weighted by atomic mass is 9.87. The highest BCUT2D eigenvalue weighted by Crippen LogP contribution is 2.25. The van der Waals surface area contributed by atoms with Gasteiger partial charge in [0.2, 0.25) is 0 Å². The Kier molecular flexibility index (Phi) is 11.6. The first-order valence-corrected chi connectivity index (χ1v) is 13.2. The second kappa shape index (κ2) is 13.9. The van der Waals surface area contributed by atoms with Gasteiger partial charge in [-0.3, -0.25) is 0 Å². The van der Waals surface area contributed by atoms with Crippen molar-refractivity contribution in [3.05, 3.63) is 70.8 Å². The minimum absolute atomic E-state index is 0.580. The van der Waals surface area contributed by atoms with Crippen LogP contribution in [0.5, 0.6) is 0 Å². The Morgan fingerprint density at radius 3 is 1.45 bits per heavy atom. The Bertz CT molecular complexity index is 720. The van der Waals surface area contributed by atoms with Gasteiger partial charge in [-0.15, -0.1) is 0 Å². The first kappa shape index (κ1) is 27.6. The van der Waals surface area contributed by atoms with Crippen molar-refractivity contribution in [1.29, 1.82) is 0 Å². The Balaban J connectivity index is 1.94. The predicted molar refractivity (Wildman–Crippen MR) is 144 cm³/mol. The molecule has 0 heterocycles. The molecule has 0 aliphatic carbocycles. The maximum atomic E-state index is 6.32. The average molecular weight is 452 g/mol. The molecule has 0 aliphatic heterocycles. The second-order valence-electron chi connectivity index (χ2n) is 10.8. The monoisotopic (exact) mass is 451 g/mol. The normalized spacial score (nSPS) is 12.3. The molecule has 0 aromatic heterocycles. The van der Waals surface area contributed by atoms with Crippen molar-refractivity contribution in [1.82, 2.24) is 0 Å². The lowest BCUT2D eigenvalue weighted by Crippen LogP contribution is -2.49. The van der Waals surface area contributed by atoms with Crippen molar-refractivity contribution in [3.8, 4) is 0 Å². The number of benzene rings is 2. The first-order chi connectivity index (χ1) is 15.7. The summed E-state index contributed by atoms with van der Waals surface area (Å²) in [7, 11) is 0. The number of aryl methyl sites for hydroxylation is 2. The van der Waals surface area contributed by atoms with E-state index in [1.165, 1.54) is 41.5 Å². The van der Waals surface area contributed by atoms with Crippen molar-refractivity contribution in [2.45, 2.75) is 103 Å². The van der Waals surface area contributed by atoms with E-state index in [0.29, 0.717) is 24.3 Å². The molecule has 0 atom stereocenters. The molecule has 3 nitrogen and oxygen atoms in total. The summed E-state index contributed by atoms with van der Waals surface area (Å²) in [6, 6.07) is 18.4. The van der Waals surface area contributed by atoms with Crippen LogP contribution >= 0.6 is 0 Å². The third-order valence-corrected chi connectivity index (χ3v) is 7.08. The maximum Gasteiger partial charge on any atom is 0.0637 e. The van der Waals surface area contributed by atoms with E-state index < -0.39 is 5.66 Å². The van der Waals surface area contributed by atoms with Crippen LogP contribution in [0.3, 0.4) is 0 Å². The van der Waals surface area contributed by atoms with Crippen molar-refractivity contribution < 1.29 is 0 Å². The van der Waals surface area contributed by atoms with Gasteiger partial charge < -0.3 is 17.2 Å². The molecule has 0 radical (unpaired) electrons. The summed E-state index contributed by atoms with van der Waals surface area (Å²) in [4.78, 5) is 0. The van der Waals surface area contributed by atoms with Gasteiger partial charge in [0.25, 0.3) is 0 Å². The molecule has 0 fully saturated rings. The second-order valence-corrected chi connectivity index (χ2v) is 10.8.